The highest BCUT2D eigenvalue weighted by molar-refractivity contribution is 7.88. The molecule has 2 atom stereocenters. The Morgan fingerprint density at radius 3 is 2.35 bits per heavy atom. The molecule has 184 valence electrons. The molecule has 2 aliphatic rings. The van der Waals surface area contributed by atoms with E-state index in [0.717, 1.165) is 22.4 Å². The number of anilines is 1. The molecule has 34 heavy (non-hydrogen) atoms. The molecule has 1 amide bonds. The number of amides is 1. The van der Waals surface area contributed by atoms with E-state index in [2.05, 4.69) is 4.90 Å². The molecule has 0 N–H and O–H groups in total. The summed E-state index contributed by atoms with van der Waals surface area (Å²) in [5.74, 6) is -1.01. The van der Waals surface area contributed by atoms with Gasteiger partial charge >= 0.3 is 0 Å². The summed E-state index contributed by atoms with van der Waals surface area (Å²) in [4.78, 5) is 17.8. The summed E-state index contributed by atoms with van der Waals surface area (Å²) >= 11 is 6.20. The quantitative estimate of drug-likeness (QED) is 0.631. The molecule has 2 heterocycles. The van der Waals surface area contributed by atoms with Gasteiger partial charge in [0.05, 0.1) is 12.2 Å². The Balaban J connectivity index is 1.55. The van der Waals surface area contributed by atoms with E-state index in [-0.39, 0.29) is 24.2 Å². The van der Waals surface area contributed by atoms with Crippen LogP contribution in [0.3, 0.4) is 0 Å². The van der Waals surface area contributed by atoms with Crippen molar-refractivity contribution in [1.82, 2.24) is 9.21 Å². The maximum Gasteiger partial charge on any atom is 0.227 e. The van der Waals surface area contributed by atoms with Crippen LogP contribution < -0.4 is 4.90 Å². The summed E-state index contributed by atoms with van der Waals surface area (Å²) in [5.41, 5.74) is 3.91. The number of halogens is 2. The minimum absolute atomic E-state index is 0.0375. The molecular formula is C25H31ClFN3O3S. The van der Waals surface area contributed by atoms with Crippen molar-refractivity contribution in [3.63, 3.8) is 0 Å². The molecule has 2 aromatic carbocycles. The number of hydrogen-bond acceptors (Lipinski definition) is 4. The maximum absolute atomic E-state index is 13.7. The van der Waals surface area contributed by atoms with Gasteiger partial charge in [-0.25, -0.2) is 17.1 Å². The van der Waals surface area contributed by atoms with Gasteiger partial charge in [0.1, 0.15) is 5.82 Å². The molecule has 0 unspecified atom stereocenters. The fourth-order valence-corrected chi connectivity index (χ4v) is 6.26. The lowest BCUT2D eigenvalue weighted by atomic mass is 9.78. The number of sulfonamides is 1. The van der Waals surface area contributed by atoms with Crippen LogP contribution in [0.5, 0.6) is 0 Å². The van der Waals surface area contributed by atoms with E-state index < -0.39 is 15.9 Å². The van der Waals surface area contributed by atoms with Crippen LogP contribution in [0.2, 0.25) is 5.02 Å². The van der Waals surface area contributed by atoms with Gasteiger partial charge in [0.15, 0.2) is 0 Å². The Morgan fingerprint density at radius 1 is 1.00 bits per heavy atom. The minimum Gasteiger partial charge on any atom is -0.368 e. The Hall–Kier alpha value is -2.16. The van der Waals surface area contributed by atoms with E-state index in [9.17, 15) is 17.6 Å². The normalized spacial score (nSPS) is 22.1. The van der Waals surface area contributed by atoms with E-state index in [1.165, 1.54) is 22.7 Å². The first-order valence-electron chi connectivity index (χ1n) is 11.6. The zero-order valence-electron chi connectivity index (χ0n) is 19.8. The smallest absolute Gasteiger partial charge is 0.227 e. The monoisotopic (exact) mass is 507 g/mol. The highest BCUT2D eigenvalue weighted by Crippen LogP contribution is 2.37. The first-order valence-corrected chi connectivity index (χ1v) is 13.8. The molecule has 0 bridgehead atoms. The predicted molar refractivity (Wildman–Crippen MR) is 133 cm³/mol. The fourth-order valence-electron chi connectivity index (χ4n) is 5.23. The van der Waals surface area contributed by atoms with Crippen LogP contribution in [0.1, 0.15) is 29.0 Å². The Labute approximate surface area is 206 Å². The Bertz CT molecular complexity index is 1180. The van der Waals surface area contributed by atoms with Crippen molar-refractivity contribution >= 4 is 33.2 Å². The first-order chi connectivity index (χ1) is 16.0. The molecular weight excluding hydrogens is 477 g/mol. The fraction of sp³-hybridized carbons (Fsp3) is 0.480. The minimum atomic E-state index is -3.42. The number of aryl methyl sites for hydroxylation is 2. The maximum atomic E-state index is 13.7. The van der Waals surface area contributed by atoms with Gasteiger partial charge < -0.3 is 9.80 Å². The molecule has 0 aliphatic carbocycles. The summed E-state index contributed by atoms with van der Waals surface area (Å²) in [7, 11) is -3.42. The summed E-state index contributed by atoms with van der Waals surface area (Å²) in [6, 6.07) is 10.4. The van der Waals surface area contributed by atoms with Crippen LogP contribution in [0, 0.1) is 25.6 Å². The van der Waals surface area contributed by atoms with Crippen molar-refractivity contribution in [2.75, 3.05) is 50.4 Å². The third-order valence-electron chi connectivity index (χ3n) is 7.10. The molecule has 0 radical (unpaired) electrons. The number of hydrogen-bond donors (Lipinski definition) is 0. The SMILES string of the molecule is Cc1cc(F)ccc1[C@H]1CCN(S(C)(=O)=O)C[C@H]1C(=O)N1CCN(c2cc(Cl)ccc2C)CC1. The number of benzene rings is 2. The number of nitrogens with zero attached hydrogens (tertiary/aromatic N) is 3. The number of carbonyl (C=O) groups is 1. The molecule has 6 nitrogen and oxygen atoms in total. The highest BCUT2D eigenvalue weighted by atomic mass is 35.5. The summed E-state index contributed by atoms with van der Waals surface area (Å²) < 4.78 is 39.7. The summed E-state index contributed by atoms with van der Waals surface area (Å²) in [6.45, 7) is 6.84. The highest BCUT2D eigenvalue weighted by Gasteiger charge is 2.41. The van der Waals surface area contributed by atoms with Gasteiger partial charge in [-0.15, -0.1) is 0 Å². The van der Waals surface area contributed by atoms with Gasteiger partial charge in [0, 0.05) is 50.0 Å². The number of piperazine rings is 1. The molecule has 0 saturated carbocycles. The number of rotatable bonds is 4. The molecule has 2 saturated heterocycles. The van der Waals surface area contributed by atoms with Crippen LogP contribution in [-0.4, -0.2) is 69.1 Å². The van der Waals surface area contributed by atoms with Crippen molar-refractivity contribution in [3.8, 4) is 0 Å². The average Bonchev–Trinajstić information content (AvgIpc) is 2.79. The van der Waals surface area contributed by atoms with Crippen molar-refractivity contribution in [1.29, 1.82) is 0 Å². The second-order valence-corrected chi connectivity index (χ2v) is 11.8. The van der Waals surface area contributed by atoms with Crippen LogP contribution in [0.25, 0.3) is 0 Å². The van der Waals surface area contributed by atoms with Gasteiger partial charge in [0.25, 0.3) is 0 Å². The van der Waals surface area contributed by atoms with Crippen LogP contribution in [0.4, 0.5) is 10.1 Å². The van der Waals surface area contributed by atoms with E-state index in [4.69, 9.17) is 11.6 Å². The van der Waals surface area contributed by atoms with Crippen LogP contribution in [-0.2, 0) is 14.8 Å². The van der Waals surface area contributed by atoms with Gasteiger partial charge in [0.2, 0.25) is 15.9 Å². The van der Waals surface area contributed by atoms with Gasteiger partial charge in [-0.2, -0.15) is 0 Å². The largest absolute Gasteiger partial charge is 0.368 e. The van der Waals surface area contributed by atoms with Crippen molar-refractivity contribution in [3.05, 3.63) is 63.9 Å². The topological polar surface area (TPSA) is 60.9 Å². The second kappa shape index (κ2) is 9.84. The standard InChI is InChI=1S/C25H31ClFN3O3S/c1-17-4-5-19(26)15-24(17)28-10-12-29(13-11-28)25(31)23-16-30(34(3,32)33)9-8-22(23)21-7-6-20(27)14-18(21)2/h4-7,14-15,22-23H,8-13,16H2,1-3H3/t22-,23-/m1/s1. The molecule has 2 fully saturated rings. The first kappa shape index (κ1) is 24.9. The third kappa shape index (κ3) is 5.24. The Kier molecular flexibility index (Phi) is 7.22. The predicted octanol–water partition coefficient (Wildman–Crippen LogP) is 3.81. The third-order valence-corrected chi connectivity index (χ3v) is 8.60. The zero-order valence-corrected chi connectivity index (χ0v) is 21.4. The summed E-state index contributed by atoms with van der Waals surface area (Å²) in [6.07, 6.45) is 1.71. The lowest BCUT2D eigenvalue weighted by molar-refractivity contribution is -0.137. The van der Waals surface area contributed by atoms with Gasteiger partial charge in [-0.1, -0.05) is 23.7 Å². The van der Waals surface area contributed by atoms with Crippen molar-refractivity contribution in [2.45, 2.75) is 26.2 Å². The van der Waals surface area contributed by atoms with Crippen molar-refractivity contribution in [2.24, 2.45) is 5.92 Å². The van der Waals surface area contributed by atoms with E-state index in [1.807, 2.05) is 36.9 Å². The van der Waals surface area contributed by atoms with Crippen LogP contribution >= 0.6 is 11.6 Å². The van der Waals surface area contributed by atoms with Crippen molar-refractivity contribution < 1.29 is 17.6 Å². The zero-order chi connectivity index (χ0) is 24.6. The second-order valence-electron chi connectivity index (χ2n) is 9.37. The average molecular weight is 508 g/mol. The lowest BCUT2D eigenvalue weighted by Crippen LogP contribution is -2.54. The molecule has 2 aromatic rings. The number of carbonyl (C=O) groups excluding carboxylic acids is 1. The van der Waals surface area contributed by atoms with Gasteiger partial charge in [-0.05, 0) is 67.1 Å². The van der Waals surface area contributed by atoms with E-state index in [0.29, 0.717) is 44.2 Å². The van der Waals surface area contributed by atoms with Crippen LogP contribution in [0.15, 0.2) is 36.4 Å². The number of piperidine rings is 1. The van der Waals surface area contributed by atoms with E-state index >= 15 is 0 Å². The molecule has 2 aliphatic heterocycles. The summed E-state index contributed by atoms with van der Waals surface area (Å²) in [5, 5.41) is 0.680. The van der Waals surface area contributed by atoms with E-state index in [1.54, 1.807) is 6.07 Å². The molecule has 0 spiro atoms. The molecule has 9 heteroatoms. The van der Waals surface area contributed by atoms with Gasteiger partial charge in [-0.3, -0.25) is 4.79 Å². The molecule has 4 rings (SSSR count). The Morgan fingerprint density at radius 2 is 1.71 bits per heavy atom. The molecule has 0 aromatic heterocycles. The lowest BCUT2D eigenvalue weighted by Gasteiger charge is -2.42.